The Morgan fingerprint density at radius 2 is 1.43 bits per heavy atom. The summed E-state index contributed by atoms with van der Waals surface area (Å²) in [7, 11) is 0. The van der Waals surface area contributed by atoms with E-state index in [4.69, 9.17) is 0 Å². The first kappa shape index (κ1) is 19.3. The van der Waals surface area contributed by atoms with Crippen molar-refractivity contribution in [1.82, 2.24) is 5.32 Å². The first-order valence-corrected chi connectivity index (χ1v) is 8.91. The van der Waals surface area contributed by atoms with E-state index in [1.165, 1.54) is 18.2 Å². The summed E-state index contributed by atoms with van der Waals surface area (Å²) in [5.74, 6) is -2.61. The molecule has 0 saturated carbocycles. The molecule has 1 amide bonds. The average molecular weight is 377 g/mol. The van der Waals surface area contributed by atoms with Crippen LogP contribution in [0.4, 0.5) is 4.39 Å². The highest BCUT2D eigenvalue weighted by Crippen LogP contribution is 2.28. The molecule has 0 aliphatic carbocycles. The van der Waals surface area contributed by atoms with Gasteiger partial charge in [0.25, 0.3) is 0 Å². The van der Waals surface area contributed by atoms with Crippen molar-refractivity contribution in [1.29, 1.82) is 0 Å². The zero-order valence-electron chi connectivity index (χ0n) is 15.1. The molecule has 3 aromatic rings. The van der Waals surface area contributed by atoms with Gasteiger partial charge in [-0.15, -0.1) is 0 Å². The topological polar surface area (TPSA) is 66.4 Å². The predicted molar refractivity (Wildman–Crippen MR) is 104 cm³/mol. The van der Waals surface area contributed by atoms with Gasteiger partial charge >= 0.3 is 5.97 Å². The second-order valence-electron chi connectivity index (χ2n) is 6.49. The molecule has 5 heteroatoms. The summed E-state index contributed by atoms with van der Waals surface area (Å²) in [6, 6.07) is 22.9. The van der Waals surface area contributed by atoms with Crippen molar-refractivity contribution in [3.8, 4) is 0 Å². The number of hydrogen-bond donors (Lipinski definition) is 2. The third kappa shape index (κ3) is 4.82. The molecule has 0 unspecified atom stereocenters. The normalized spacial score (nSPS) is 11.8. The number of carboxylic acids is 1. The van der Waals surface area contributed by atoms with Gasteiger partial charge in [-0.2, -0.15) is 0 Å². The van der Waals surface area contributed by atoms with Gasteiger partial charge < -0.3 is 10.4 Å². The van der Waals surface area contributed by atoms with Gasteiger partial charge in [0.2, 0.25) is 5.91 Å². The van der Waals surface area contributed by atoms with Crippen LogP contribution in [0.25, 0.3) is 0 Å². The van der Waals surface area contributed by atoms with E-state index < -0.39 is 29.7 Å². The third-order valence-corrected chi connectivity index (χ3v) is 4.49. The van der Waals surface area contributed by atoms with Gasteiger partial charge in [0.05, 0.1) is 6.42 Å². The van der Waals surface area contributed by atoms with E-state index in [0.717, 1.165) is 11.1 Å². The van der Waals surface area contributed by atoms with Crippen LogP contribution in [0.2, 0.25) is 0 Å². The molecular formula is C23H20FNO3. The fourth-order valence-electron chi connectivity index (χ4n) is 3.24. The van der Waals surface area contributed by atoms with E-state index >= 15 is 0 Å². The molecule has 0 aliphatic heterocycles. The van der Waals surface area contributed by atoms with Gasteiger partial charge in [0, 0.05) is 5.92 Å². The molecule has 0 bridgehead atoms. The number of rotatable bonds is 7. The Morgan fingerprint density at radius 1 is 0.857 bits per heavy atom. The Kier molecular flexibility index (Phi) is 6.17. The lowest BCUT2D eigenvalue weighted by molar-refractivity contribution is -0.142. The Morgan fingerprint density at radius 3 is 1.93 bits per heavy atom. The van der Waals surface area contributed by atoms with E-state index in [1.54, 1.807) is 6.07 Å². The molecule has 0 fully saturated rings. The lowest BCUT2D eigenvalue weighted by atomic mass is 9.85. The van der Waals surface area contributed by atoms with Gasteiger partial charge in [-0.05, 0) is 28.8 Å². The molecule has 0 spiro atoms. The van der Waals surface area contributed by atoms with Crippen molar-refractivity contribution in [2.75, 3.05) is 0 Å². The molecule has 3 rings (SSSR count). The maximum atomic E-state index is 13.4. The van der Waals surface area contributed by atoms with Crippen molar-refractivity contribution in [3.05, 3.63) is 107 Å². The van der Waals surface area contributed by atoms with Crippen LogP contribution in [0.5, 0.6) is 0 Å². The molecule has 0 saturated heterocycles. The number of nitrogens with one attached hydrogen (secondary N) is 1. The number of halogens is 1. The van der Waals surface area contributed by atoms with Crippen LogP contribution in [0.15, 0.2) is 84.9 Å². The first-order valence-electron chi connectivity index (χ1n) is 8.91. The standard InChI is InChI=1S/C23H20FNO3/c24-19-13-7-8-16(14-19)15-20(26)25-22(23(27)28)21(17-9-3-1-4-10-17)18-11-5-2-6-12-18/h1-14,21-22H,15H2,(H,25,26)(H,27,28)/t22-/m0/s1. The van der Waals surface area contributed by atoms with E-state index in [-0.39, 0.29) is 6.42 Å². The molecule has 0 heterocycles. The number of carbonyl (C=O) groups excluding carboxylic acids is 1. The SMILES string of the molecule is O=C(Cc1cccc(F)c1)N[C@H](C(=O)O)C(c1ccccc1)c1ccccc1. The fraction of sp³-hybridized carbons (Fsp3) is 0.130. The summed E-state index contributed by atoms with van der Waals surface area (Å²) in [4.78, 5) is 24.6. The molecule has 4 nitrogen and oxygen atoms in total. The number of carboxylic acid groups (broad SMARTS) is 1. The highest BCUT2D eigenvalue weighted by atomic mass is 19.1. The van der Waals surface area contributed by atoms with E-state index in [1.807, 2.05) is 60.7 Å². The number of aliphatic carboxylic acids is 1. The lowest BCUT2D eigenvalue weighted by Crippen LogP contribution is -2.46. The number of hydrogen-bond acceptors (Lipinski definition) is 2. The highest BCUT2D eigenvalue weighted by molar-refractivity contribution is 5.86. The maximum Gasteiger partial charge on any atom is 0.327 e. The van der Waals surface area contributed by atoms with Crippen molar-refractivity contribution in [3.63, 3.8) is 0 Å². The quantitative estimate of drug-likeness (QED) is 0.659. The molecule has 3 aromatic carbocycles. The van der Waals surface area contributed by atoms with Crippen molar-refractivity contribution >= 4 is 11.9 Å². The summed E-state index contributed by atoms with van der Waals surface area (Å²) in [5.41, 5.74) is 2.05. The third-order valence-electron chi connectivity index (χ3n) is 4.49. The smallest absolute Gasteiger partial charge is 0.327 e. The minimum Gasteiger partial charge on any atom is -0.480 e. The van der Waals surface area contributed by atoms with Crippen LogP contribution < -0.4 is 5.32 Å². The highest BCUT2D eigenvalue weighted by Gasteiger charge is 2.32. The molecule has 1 atom stereocenters. The number of benzene rings is 3. The van der Waals surface area contributed by atoms with Crippen LogP contribution in [0.1, 0.15) is 22.6 Å². The van der Waals surface area contributed by atoms with Crippen molar-refractivity contribution in [2.45, 2.75) is 18.4 Å². The van der Waals surface area contributed by atoms with E-state index in [2.05, 4.69) is 5.32 Å². The van der Waals surface area contributed by atoms with Crippen molar-refractivity contribution in [2.24, 2.45) is 0 Å². The fourth-order valence-corrected chi connectivity index (χ4v) is 3.24. The zero-order valence-corrected chi connectivity index (χ0v) is 15.1. The molecule has 0 radical (unpaired) electrons. The second kappa shape index (κ2) is 8.95. The summed E-state index contributed by atoms with van der Waals surface area (Å²) in [5, 5.41) is 12.5. The largest absolute Gasteiger partial charge is 0.480 e. The van der Waals surface area contributed by atoms with Gasteiger partial charge in [-0.1, -0.05) is 72.8 Å². The van der Waals surface area contributed by atoms with Crippen LogP contribution in [0, 0.1) is 5.82 Å². The molecular weight excluding hydrogens is 357 g/mol. The number of carbonyl (C=O) groups is 2. The summed E-state index contributed by atoms with van der Waals surface area (Å²) in [6.45, 7) is 0. The van der Waals surface area contributed by atoms with Crippen LogP contribution in [-0.4, -0.2) is 23.0 Å². The van der Waals surface area contributed by atoms with Crippen molar-refractivity contribution < 1.29 is 19.1 Å². The lowest BCUT2D eigenvalue weighted by Gasteiger charge is -2.26. The van der Waals surface area contributed by atoms with Crippen LogP contribution in [0.3, 0.4) is 0 Å². The summed E-state index contributed by atoms with van der Waals surface area (Å²) >= 11 is 0. The average Bonchev–Trinajstić information content (AvgIpc) is 2.69. The molecule has 142 valence electrons. The van der Waals surface area contributed by atoms with Gasteiger partial charge in [0.1, 0.15) is 11.9 Å². The Hall–Kier alpha value is -3.47. The Labute approximate surface area is 162 Å². The Balaban J connectivity index is 1.89. The maximum absolute atomic E-state index is 13.4. The minimum atomic E-state index is -1.16. The van der Waals surface area contributed by atoms with E-state index in [0.29, 0.717) is 5.56 Å². The monoisotopic (exact) mass is 377 g/mol. The summed E-state index contributed by atoms with van der Waals surface area (Å²) in [6.07, 6.45) is -0.0994. The second-order valence-corrected chi connectivity index (χ2v) is 6.49. The molecule has 0 aliphatic rings. The zero-order chi connectivity index (χ0) is 19.9. The predicted octanol–water partition coefficient (Wildman–Crippen LogP) is 3.77. The number of amides is 1. The molecule has 2 N–H and O–H groups in total. The van der Waals surface area contributed by atoms with E-state index in [9.17, 15) is 19.1 Å². The van der Waals surface area contributed by atoms with Gasteiger partial charge in [0.15, 0.2) is 0 Å². The Bertz CT molecular complexity index is 905. The van der Waals surface area contributed by atoms with Crippen LogP contribution in [-0.2, 0) is 16.0 Å². The van der Waals surface area contributed by atoms with Gasteiger partial charge in [-0.3, -0.25) is 4.79 Å². The summed E-state index contributed by atoms with van der Waals surface area (Å²) < 4.78 is 13.4. The molecule has 28 heavy (non-hydrogen) atoms. The first-order chi connectivity index (χ1) is 13.5. The van der Waals surface area contributed by atoms with Crippen LogP contribution >= 0.6 is 0 Å². The minimum absolute atomic E-state index is 0.0994. The molecule has 0 aromatic heterocycles. The van der Waals surface area contributed by atoms with Gasteiger partial charge in [-0.25, -0.2) is 9.18 Å².